The molecule has 1 aliphatic heterocycles. The van der Waals surface area contributed by atoms with Crippen LogP contribution in [0.2, 0.25) is 0 Å². The van der Waals surface area contributed by atoms with Crippen molar-refractivity contribution in [3.8, 4) is 5.75 Å². The van der Waals surface area contributed by atoms with E-state index in [9.17, 15) is 9.50 Å². The fourth-order valence-corrected chi connectivity index (χ4v) is 2.33. The summed E-state index contributed by atoms with van der Waals surface area (Å²) in [5.74, 6) is 0.713. The van der Waals surface area contributed by atoms with E-state index in [1.165, 1.54) is 12.8 Å². The molecule has 0 amide bonds. The molecule has 1 heterocycles. The van der Waals surface area contributed by atoms with Gasteiger partial charge in [0.05, 0.1) is 0 Å². The molecule has 0 saturated carbocycles. The van der Waals surface area contributed by atoms with Gasteiger partial charge in [0.15, 0.2) is 0 Å². The van der Waals surface area contributed by atoms with Crippen molar-refractivity contribution < 1.29 is 9.50 Å². The number of hydrogen-bond acceptors (Lipinski definition) is 2. The van der Waals surface area contributed by atoms with E-state index in [1.54, 1.807) is 6.07 Å². The van der Waals surface area contributed by atoms with Crippen molar-refractivity contribution in [1.29, 1.82) is 0 Å². The summed E-state index contributed by atoms with van der Waals surface area (Å²) < 4.78 is 12.6. The first-order chi connectivity index (χ1) is 7.81. The first kappa shape index (κ1) is 11.4. The van der Waals surface area contributed by atoms with E-state index in [0.29, 0.717) is 11.5 Å². The molecule has 2 nitrogen and oxygen atoms in total. The van der Waals surface area contributed by atoms with Crippen molar-refractivity contribution in [1.82, 2.24) is 5.32 Å². The summed E-state index contributed by atoms with van der Waals surface area (Å²) in [5, 5.41) is 13.2. The van der Waals surface area contributed by atoms with Crippen molar-refractivity contribution >= 4 is 0 Å². The van der Waals surface area contributed by atoms with Gasteiger partial charge in [-0.25, -0.2) is 4.39 Å². The third-order valence-corrected chi connectivity index (χ3v) is 3.25. The van der Waals surface area contributed by atoms with Gasteiger partial charge in [0.25, 0.3) is 0 Å². The van der Waals surface area contributed by atoms with Crippen LogP contribution in [0.1, 0.15) is 24.0 Å². The van der Waals surface area contributed by atoms with Gasteiger partial charge >= 0.3 is 0 Å². The van der Waals surface area contributed by atoms with E-state index in [0.717, 1.165) is 25.1 Å². The van der Waals surface area contributed by atoms with Crippen LogP contribution in [0, 0.1) is 5.92 Å². The quantitative estimate of drug-likeness (QED) is 0.824. The number of rotatable bonds is 3. The largest absolute Gasteiger partial charge is 0.507 e. The van der Waals surface area contributed by atoms with Crippen molar-refractivity contribution in [2.24, 2.45) is 5.92 Å². The Hall–Kier alpha value is -1.09. The van der Waals surface area contributed by atoms with Gasteiger partial charge in [-0.15, -0.1) is 0 Å². The lowest BCUT2D eigenvalue weighted by atomic mass is 9.91. The van der Waals surface area contributed by atoms with Gasteiger partial charge in [-0.1, -0.05) is 18.2 Å². The van der Waals surface area contributed by atoms with Crippen LogP contribution in [0.5, 0.6) is 5.75 Å². The minimum atomic E-state index is -0.595. The fourth-order valence-electron chi connectivity index (χ4n) is 2.33. The molecule has 0 bridgehead atoms. The molecule has 0 aliphatic carbocycles. The van der Waals surface area contributed by atoms with Gasteiger partial charge in [0.2, 0.25) is 0 Å². The molecular formula is C13H18FNO. The molecule has 1 aliphatic rings. The molecule has 0 radical (unpaired) electrons. The lowest BCUT2D eigenvalue weighted by Gasteiger charge is -2.23. The van der Waals surface area contributed by atoms with Gasteiger partial charge in [-0.3, -0.25) is 0 Å². The first-order valence-electron chi connectivity index (χ1n) is 5.87. The Labute approximate surface area is 95.5 Å². The molecule has 2 rings (SSSR count). The average molecular weight is 223 g/mol. The third kappa shape index (κ3) is 2.53. The first-order valence-corrected chi connectivity index (χ1v) is 5.87. The Balaban J connectivity index is 2.08. The standard InChI is InChI=1S/C13H18FNO/c14-8-12-5-1-4-11(13(12)16)7-10-3-2-6-15-9-10/h1,4-5,10,15-16H,2-3,6-9H2. The topological polar surface area (TPSA) is 32.3 Å². The summed E-state index contributed by atoms with van der Waals surface area (Å²) in [7, 11) is 0. The van der Waals surface area contributed by atoms with E-state index in [2.05, 4.69) is 5.32 Å². The Bertz CT molecular complexity index is 348. The molecule has 1 aromatic carbocycles. The fraction of sp³-hybridized carbons (Fsp3) is 0.538. The van der Waals surface area contributed by atoms with Crippen LogP contribution in [-0.4, -0.2) is 18.2 Å². The molecule has 88 valence electrons. The van der Waals surface area contributed by atoms with E-state index in [-0.39, 0.29) is 5.75 Å². The molecule has 1 saturated heterocycles. The maximum Gasteiger partial charge on any atom is 0.124 e. The van der Waals surface area contributed by atoms with Crippen LogP contribution >= 0.6 is 0 Å². The summed E-state index contributed by atoms with van der Waals surface area (Å²) >= 11 is 0. The van der Waals surface area contributed by atoms with Crippen LogP contribution in [0.15, 0.2) is 18.2 Å². The van der Waals surface area contributed by atoms with Crippen molar-refractivity contribution in [2.45, 2.75) is 25.9 Å². The van der Waals surface area contributed by atoms with Crippen LogP contribution < -0.4 is 5.32 Å². The molecule has 2 N–H and O–H groups in total. The second kappa shape index (κ2) is 5.30. The van der Waals surface area contributed by atoms with E-state index in [4.69, 9.17) is 0 Å². The van der Waals surface area contributed by atoms with Gasteiger partial charge in [0, 0.05) is 5.56 Å². The number of phenolic OH excluding ortho intramolecular Hbond substituents is 1. The third-order valence-electron chi connectivity index (χ3n) is 3.25. The SMILES string of the molecule is Oc1c(CF)cccc1CC1CCCNC1. The van der Waals surface area contributed by atoms with Gasteiger partial charge < -0.3 is 10.4 Å². The zero-order valence-electron chi connectivity index (χ0n) is 9.38. The molecule has 1 fully saturated rings. The van der Waals surface area contributed by atoms with E-state index >= 15 is 0 Å². The number of piperidine rings is 1. The minimum Gasteiger partial charge on any atom is -0.507 e. The molecule has 0 spiro atoms. The van der Waals surface area contributed by atoms with Crippen molar-refractivity contribution in [2.75, 3.05) is 13.1 Å². The molecule has 1 unspecified atom stereocenters. The predicted octanol–water partition coefficient (Wildman–Crippen LogP) is 2.40. The minimum absolute atomic E-state index is 0.149. The summed E-state index contributed by atoms with van der Waals surface area (Å²) in [6.07, 6.45) is 3.22. The van der Waals surface area contributed by atoms with Crippen LogP contribution in [0.3, 0.4) is 0 Å². The Morgan fingerprint density at radius 2 is 2.19 bits per heavy atom. The molecule has 16 heavy (non-hydrogen) atoms. The highest BCUT2D eigenvalue weighted by atomic mass is 19.1. The number of para-hydroxylation sites is 1. The number of halogens is 1. The zero-order chi connectivity index (χ0) is 11.4. The van der Waals surface area contributed by atoms with Gasteiger partial charge in [-0.2, -0.15) is 0 Å². The Kier molecular flexibility index (Phi) is 3.78. The molecule has 1 aromatic rings. The lowest BCUT2D eigenvalue weighted by molar-refractivity contribution is 0.367. The van der Waals surface area contributed by atoms with E-state index < -0.39 is 6.67 Å². The molecule has 0 aromatic heterocycles. The number of phenols is 1. The van der Waals surface area contributed by atoms with Crippen molar-refractivity contribution in [3.63, 3.8) is 0 Å². The monoisotopic (exact) mass is 223 g/mol. The maximum atomic E-state index is 12.6. The highest BCUT2D eigenvalue weighted by Gasteiger charge is 2.16. The summed E-state index contributed by atoms with van der Waals surface area (Å²) in [4.78, 5) is 0. The molecular weight excluding hydrogens is 205 g/mol. The summed E-state index contributed by atoms with van der Waals surface area (Å²) in [5.41, 5.74) is 1.28. The molecule has 1 atom stereocenters. The Morgan fingerprint density at radius 3 is 2.88 bits per heavy atom. The maximum absolute atomic E-state index is 12.6. The smallest absolute Gasteiger partial charge is 0.124 e. The summed E-state index contributed by atoms with van der Waals surface area (Å²) in [6.45, 7) is 1.49. The average Bonchev–Trinajstić information content (AvgIpc) is 2.33. The van der Waals surface area contributed by atoms with Gasteiger partial charge in [0.1, 0.15) is 12.4 Å². The normalized spacial score (nSPS) is 20.9. The van der Waals surface area contributed by atoms with Gasteiger partial charge in [-0.05, 0) is 43.8 Å². The van der Waals surface area contributed by atoms with Crippen LogP contribution in [0.4, 0.5) is 4.39 Å². The van der Waals surface area contributed by atoms with Crippen molar-refractivity contribution in [3.05, 3.63) is 29.3 Å². The highest BCUT2D eigenvalue weighted by Crippen LogP contribution is 2.27. The summed E-state index contributed by atoms with van der Waals surface area (Å²) in [6, 6.07) is 5.35. The predicted molar refractivity (Wildman–Crippen MR) is 62.2 cm³/mol. The number of aromatic hydroxyl groups is 1. The number of nitrogens with one attached hydrogen (secondary N) is 1. The molecule has 3 heteroatoms. The number of alkyl halides is 1. The second-order valence-corrected chi connectivity index (χ2v) is 4.47. The van der Waals surface area contributed by atoms with Crippen LogP contribution in [0.25, 0.3) is 0 Å². The van der Waals surface area contributed by atoms with Crippen LogP contribution in [-0.2, 0) is 13.1 Å². The second-order valence-electron chi connectivity index (χ2n) is 4.47. The lowest BCUT2D eigenvalue weighted by Crippen LogP contribution is -2.30. The number of benzene rings is 1. The van der Waals surface area contributed by atoms with E-state index in [1.807, 2.05) is 12.1 Å². The Morgan fingerprint density at radius 1 is 1.38 bits per heavy atom. The zero-order valence-corrected chi connectivity index (χ0v) is 9.38. The highest BCUT2D eigenvalue weighted by molar-refractivity contribution is 5.40. The number of hydrogen-bond donors (Lipinski definition) is 2.